The molecule has 2 aliphatic heterocycles. The van der Waals surface area contributed by atoms with E-state index in [0.717, 1.165) is 0 Å². The molecule has 0 bridgehead atoms. The molecule has 2 amide bonds. The Hall–Kier alpha value is -1.14. The predicted octanol–water partition coefficient (Wildman–Crippen LogP) is -1.92. The molecule has 6 heteroatoms. The maximum absolute atomic E-state index is 12.0. The average molecular weight is 228 g/mol. The summed E-state index contributed by atoms with van der Waals surface area (Å²) >= 11 is 0. The van der Waals surface area contributed by atoms with Gasteiger partial charge in [-0.1, -0.05) is 0 Å². The van der Waals surface area contributed by atoms with Gasteiger partial charge >= 0.3 is 0 Å². The van der Waals surface area contributed by atoms with Gasteiger partial charge in [0.1, 0.15) is 0 Å². The number of carbonyl (C=O) groups excluding carboxylic acids is 2. The van der Waals surface area contributed by atoms with Crippen molar-refractivity contribution in [3.8, 4) is 0 Å². The van der Waals surface area contributed by atoms with E-state index in [9.17, 15) is 19.8 Å². The van der Waals surface area contributed by atoms with Gasteiger partial charge in [0.05, 0.1) is 18.1 Å². The highest BCUT2D eigenvalue weighted by Crippen LogP contribution is 2.18. The first-order valence-electron chi connectivity index (χ1n) is 5.49. The molecule has 2 rings (SSSR count). The van der Waals surface area contributed by atoms with Crippen molar-refractivity contribution in [3.63, 3.8) is 0 Å². The van der Waals surface area contributed by atoms with Gasteiger partial charge in [-0.2, -0.15) is 0 Å². The molecule has 2 aliphatic rings. The highest BCUT2D eigenvalue weighted by Gasteiger charge is 2.36. The Bertz CT molecular complexity index is 287. The number of nitrogens with zero attached hydrogens (tertiary/aromatic N) is 1. The number of nitrogens with one attached hydrogen (secondary N) is 1. The second-order valence-electron chi connectivity index (χ2n) is 4.42. The summed E-state index contributed by atoms with van der Waals surface area (Å²) < 4.78 is 0. The third-order valence-corrected chi connectivity index (χ3v) is 3.19. The van der Waals surface area contributed by atoms with Gasteiger partial charge in [0.2, 0.25) is 11.8 Å². The fourth-order valence-electron chi connectivity index (χ4n) is 2.15. The monoisotopic (exact) mass is 228 g/mol. The Morgan fingerprint density at radius 1 is 1.31 bits per heavy atom. The van der Waals surface area contributed by atoms with Crippen molar-refractivity contribution >= 4 is 11.8 Å². The van der Waals surface area contributed by atoms with E-state index in [1.54, 1.807) is 0 Å². The van der Waals surface area contributed by atoms with Gasteiger partial charge in [0.15, 0.2) is 0 Å². The number of hydrogen-bond donors (Lipinski definition) is 3. The zero-order valence-corrected chi connectivity index (χ0v) is 8.93. The Morgan fingerprint density at radius 2 is 1.94 bits per heavy atom. The lowest BCUT2D eigenvalue weighted by Gasteiger charge is -2.26. The number of aliphatic hydroxyl groups is 2. The van der Waals surface area contributed by atoms with E-state index in [0.29, 0.717) is 19.4 Å². The quantitative estimate of drug-likeness (QED) is 0.488. The molecule has 16 heavy (non-hydrogen) atoms. The number of amides is 2. The summed E-state index contributed by atoms with van der Waals surface area (Å²) in [5.41, 5.74) is 0. The van der Waals surface area contributed by atoms with Crippen molar-refractivity contribution in [2.45, 2.75) is 25.0 Å². The number of carbonyl (C=O) groups is 2. The Morgan fingerprint density at radius 3 is 2.44 bits per heavy atom. The van der Waals surface area contributed by atoms with Crippen LogP contribution in [0.15, 0.2) is 0 Å². The van der Waals surface area contributed by atoms with E-state index in [4.69, 9.17) is 0 Å². The molecule has 0 aromatic rings. The predicted molar refractivity (Wildman–Crippen MR) is 54.3 cm³/mol. The molecule has 3 atom stereocenters. The lowest BCUT2D eigenvalue weighted by atomic mass is 9.98. The van der Waals surface area contributed by atoms with Gasteiger partial charge in [0.25, 0.3) is 0 Å². The summed E-state index contributed by atoms with van der Waals surface area (Å²) in [7, 11) is 0. The second-order valence-corrected chi connectivity index (χ2v) is 4.42. The smallest absolute Gasteiger partial charge is 0.227 e. The number of likely N-dealkylation sites (tertiary alicyclic amines) is 1. The summed E-state index contributed by atoms with van der Waals surface area (Å²) in [4.78, 5) is 24.4. The zero-order chi connectivity index (χ0) is 11.7. The van der Waals surface area contributed by atoms with E-state index in [1.165, 1.54) is 4.90 Å². The molecule has 2 fully saturated rings. The Balaban J connectivity index is 1.90. The van der Waals surface area contributed by atoms with Crippen molar-refractivity contribution in [1.82, 2.24) is 10.2 Å². The van der Waals surface area contributed by atoms with Crippen LogP contribution in [0.25, 0.3) is 0 Å². The highest BCUT2D eigenvalue weighted by atomic mass is 16.3. The molecule has 2 saturated heterocycles. The van der Waals surface area contributed by atoms with Crippen LogP contribution in [-0.2, 0) is 9.59 Å². The minimum atomic E-state index is -0.845. The van der Waals surface area contributed by atoms with Gasteiger partial charge in [-0.25, -0.2) is 0 Å². The number of aliphatic hydroxyl groups excluding tert-OH is 2. The average Bonchev–Trinajstić information content (AvgIpc) is 2.59. The minimum Gasteiger partial charge on any atom is -0.388 e. The van der Waals surface area contributed by atoms with Crippen molar-refractivity contribution in [2.24, 2.45) is 5.92 Å². The van der Waals surface area contributed by atoms with Crippen molar-refractivity contribution < 1.29 is 19.8 Å². The fraction of sp³-hybridized carbons (Fsp3) is 0.800. The van der Waals surface area contributed by atoms with Gasteiger partial charge < -0.3 is 20.4 Å². The first-order valence-corrected chi connectivity index (χ1v) is 5.49. The number of β-amino-alcohol motifs (C(OH)–C–C–N with tert-alkyl or cyclic N) is 2. The van der Waals surface area contributed by atoms with E-state index >= 15 is 0 Å². The van der Waals surface area contributed by atoms with E-state index in [2.05, 4.69) is 5.32 Å². The molecule has 2 heterocycles. The van der Waals surface area contributed by atoms with E-state index in [-0.39, 0.29) is 30.8 Å². The standard InChI is InChI=1S/C10H16N2O4/c13-7-4-12(5-8(7)14)10(16)6-1-2-9(15)11-3-6/h6-8,13-14H,1-5H2,(H,11,15). The van der Waals surface area contributed by atoms with Crippen LogP contribution < -0.4 is 5.32 Å². The molecule has 3 N–H and O–H groups in total. The summed E-state index contributed by atoms with van der Waals surface area (Å²) in [6.07, 6.45) is -0.771. The van der Waals surface area contributed by atoms with Crippen LogP contribution in [0.3, 0.4) is 0 Å². The van der Waals surface area contributed by atoms with Crippen LogP contribution in [0.4, 0.5) is 0 Å². The normalized spacial score (nSPS) is 35.0. The SMILES string of the molecule is O=C1CCC(C(=O)N2CC(O)C(O)C2)CN1. The van der Waals surface area contributed by atoms with Crippen molar-refractivity contribution in [3.05, 3.63) is 0 Å². The van der Waals surface area contributed by atoms with Crippen molar-refractivity contribution in [2.75, 3.05) is 19.6 Å². The molecule has 0 saturated carbocycles. The lowest BCUT2D eigenvalue weighted by Crippen LogP contribution is -2.44. The lowest BCUT2D eigenvalue weighted by molar-refractivity contribution is -0.137. The summed E-state index contributed by atoms with van der Waals surface area (Å²) in [6.45, 7) is 0.731. The molecule has 0 aliphatic carbocycles. The van der Waals surface area contributed by atoms with Crippen LogP contribution >= 0.6 is 0 Å². The minimum absolute atomic E-state index is 0.0226. The molecule has 90 valence electrons. The summed E-state index contributed by atoms with van der Waals surface area (Å²) in [5, 5.41) is 21.3. The first kappa shape index (κ1) is 11.3. The Labute approximate surface area is 93.2 Å². The number of hydrogen-bond acceptors (Lipinski definition) is 4. The highest BCUT2D eigenvalue weighted by molar-refractivity contribution is 5.84. The fourth-order valence-corrected chi connectivity index (χ4v) is 2.15. The molecule has 6 nitrogen and oxygen atoms in total. The zero-order valence-electron chi connectivity index (χ0n) is 8.93. The third kappa shape index (κ3) is 2.17. The van der Waals surface area contributed by atoms with Gasteiger partial charge in [0, 0.05) is 26.1 Å². The molecular weight excluding hydrogens is 212 g/mol. The molecule has 0 spiro atoms. The van der Waals surface area contributed by atoms with Gasteiger partial charge in [-0.05, 0) is 6.42 Å². The maximum atomic E-state index is 12.0. The van der Waals surface area contributed by atoms with Crippen LogP contribution in [0, 0.1) is 5.92 Å². The number of piperidine rings is 1. The molecule has 0 aromatic heterocycles. The Kier molecular flexibility index (Phi) is 3.11. The van der Waals surface area contributed by atoms with Gasteiger partial charge in [-0.15, -0.1) is 0 Å². The van der Waals surface area contributed by atoms with Gasteiger partial charge in [-0.3, -0.25) is 9.59 Å². The van der Waals surface area contributed by atoms with Crippen LogP contribution in [0.2, 0.25) is 0 Å². The number of rotatable bonds is 1. The van der Waals surface area contributed by atoms with E-state index < -0.39 is 12.2 Å². The van der Waals surface area contributed by atoms with Crippen LogP contribution in [0.1, 0.15) is 12.8 Å². The molecular formula is C10H16N2O4. The topological polar surface area (TPSA) is 89.9 Å². The first-order chi connectivity index (χ1) is 7.58. The third-order valence-electron chi connectivity index (χ3n) is 3.19. The van der Waals surface area contributed by atoms with Crippen LogP contribution in [0.5, 0.6) is 0 Å². The molecule has 0 radical (unpaired) electrons. The van der Waals surface area contributed by atoms with E-state index in [1.807, 2.05) is 0 Å². The second kappa shape index (κ2) is 4.39. The van der Waals surface area contributed by atoms with Crippen molar-refractivity contribution in [1.29, 1.82) is 0 Å². The summed E-state index contributed by atoms with van der Waals surface area (Å²) in [5.74, 6) is -0.323. The maximum Gasteiger partial charge on any atom is 0.227 e. The molecule has 0 aromatic carbocycles. The van der Waals surface area contributed by atoms with Crippen LogP contribution in [-0.4, -0.2) is 58.8 Å². The summed E-state index contributed by atoms with van der Waals surface area (Å²) in [6, 6.07) is 0. The largest absolute Gasteiger partial charge is 0.388 e. The molecule has 3 unspecified atom stereocenters.